The van der Waals surface area contributed by atoms with E-state index in [1.165, 1.54) is 16.8 Å². The lowest BCUT2D eigenvalue weighted by molar-refractivity contribution is -0.193. The molecule has 214 valence electrons. The van der Waals surface area contributed by atoms with Crippen LogP contribution in [0.25, 0.3) is 0 Å². The van der Waals surface area contributed by atoms with E-state index in [-0.39, 0.29) is 5.03 Å². The van der Waals surface area contributed by atoms with E-state index in [1.54, 1.807) is 17.8 Å². The summed E-state index contributed by atoms with van der Waals surface area (Å²) in [7, 11) is -1.85. The quantitative estimate of drug-likeness (QED) is 0.524. The van der Waals surface area contributed by atoms with Crippen LogP contribution in [0.3, 0.4) is 0 Å². The third-order valence-electron chi connectivity index (χ3n) is 4.49. The monoisotopic (exact) mass is 577 g/mol. The van der Waals surface area contributed by atoms with Crippen molar-refractivity contribution in [1.82, 2.24) is 18.8 Å². The number of anilines is 1. The minimum atomic E-state index is -5.08. The fourth-order valence-corrected chi connectivity index (χ4v) is 4.30. The molecule has 2 aromatic rings. The molecule has 0 amide bonds. The van der Waals surface area contributed by atoms with Gasteiger partial charge in [-0.15, -0.1) is 0 Å². The normalized spacial score (nSPS) is 14.4. The zero-order valence-corrected chi connectivity index (χ0v) is 21.0. The van der Waals surface area contributed by atoms with E-state index in [0.717, 1.165) is 17.9 Å². The highest BCUT2D eigenvalue weighted by Gasteiger charge is 2.39. The van der Waals surface area contributed by atoms with Crippen molar-refractivity contribution >= 4 is 27.8 Å². The van der Waals surface area contributed by atoms with Gasteiger partial charge in [-0.2, -0.15) is 30.6 Å². The van der Waals surface area contributed by atoms with Crippen LogP contribution in [-0.2, 0) is 33.2 Å². The van der Waals surface area contributed by atoms with E-state index in [0.29, 0.717) is 25.6 Å². The highest BCUT2D eigenvalue weighted by Crippen LogP contribution is 2.26. The number of aromatic nitrogens is 3. The molecule has 3 heterocycles. The number of imidazole rings is 1. The number of carboxylic acids is 2. The molecule has 0 bridgehead atoms. The van der Waals surface area contributed by atoms with Gasteiger partial charge >= 0.3 is 24.3 Å². The zero-order chi connectivity index (χ0) is 29.5. The highest BCUT2D eigenvalue weighted by atomic mass is 32.2. The van der Waals surface area contributed by atoms with Gasteiger partial charge in [0.2, 0.25) is 0 Å². The smallest absolute Gasteiger partial charge is 0.475 e. The van der Waals surface area contributed by atoms with Crippen molar-refractivity contribution in [3.8, 4) is 0 Å². The highest BCUT2D eigenvalue weighted by molar-refractivity contribution is 7.89. The molecule has 0 radical (unpaired) electrons. The van der Waals surface area contributed by atoms with Crippen molar-refractivity contribution in [2.45, 2.75) is 37.8 Å². The summed E-state index contributed by atoms with van der Waals surface area (Å²) in [4.78, 5) is 28.5. The number of hydrogen-bond acceptors (Lipinski definition) is 7. The van der Waals surface area contributed by atoms with Gasteiger partial charge in [-0.05, 0) is 12.0 Å². The average Bonchev–Trinajstić information content (AvgIpc) is 3.13. The number of halogens is 6. The van der Waals surface area contributed by atoms with Crippen molar-refractivity contribution < 1.29 is 54.6 Å². The second-order valence-corrected chi connectivity index (χ2v) is 10.0. The van der Waals surface area contributed by atoms with Gasteiger partial charge in [0.25, 0.3) is 10.0 Å². The summed E-state index contributed by atoms with van der Waals surface area (Å²) >= 11 is 0. The first-order valence-electron chi connectivity index (χ1n) is 10.5. The van der Waals surface area contributed by atoms with Crippen LogP contribution in [0.5, 0.6) is 0 Å². The molecule has 2 N–H and O–H groups in total. The first kappa shape index (κ1) is 32.6. The number of alkyl halides is 6. The molecule has 0 saturated carbocycles. The summed E-state index contributed by atoms with van der Waals surface area (Å²) in [6.45, 7) is 6.50. The molecule has 38 heavy (non-hydrogen) atoms. The summed E-state index contributed by atoms with van der Waals surface area (Å²) < 4.78 is 92.4. The molecular weight excluding hydrogens is 552 g/mol. The molecule has 0 aromatic carbocycles. The van der Waals surface area contributed by atoms with Crippen LogP contribution in [0.2, 0.25) is 0 Å². The third-order valence-corrected chi connectivity index (χ3v) is 6.22. The standard InChI is InChI=1S/C16H23N5O2S.2C2HF3O2/c1-13(2)9-20-7-8-21(10-14-5-4-6-17-16(14)20)24(22,23)15-11-19(3)12-18-15;2*3-2(4,5)1(6)7/h4-6,11-13H,7-10H2,1-3H3;2*(H,6,7). The number of carboxylic acid groups (broad SMARTS) is 2. The van der Waals surface area contributed by atoms with Gasteiger partial charge in [-0.1, -0.05) is 19.9 Å². The molecular formula is C20H25F6N5O6S. The molecule has 0 unspecified atom stereocenters. The van der Waals surface area contributed by atoms with Gasteiger partial charge in [0.05, 0.1) is 6.33 Å². The van der Waals surface area contributed by atoms with Gasteiger partial charge in [0.1, 0.15) is 5.82 Å². The Hall–Kier alpha value is -3.41. The fraction of sp³-hybridized carbons (Fsp3) is 0.500. The fourth-order valence-electron chi connectivity index (χ4n) is 2.92. The van der Waals surface area contributed by atoms with Crippen LogP contribution in [0.1, 0.15) is 19.4 Å². The number of carbonyl (C=O) groups is 2. The van der Waals surface area contributed by atoms with E-state index in [1.807, 2.05) is 12.1 Å². The van der Waals surface area contributed by atoms with Crippen LogP contribution >= 0.6 is 0 Å². The first-order chi connectivity index (χ1) is 17.3. The van der Waals surface area contributed by atoms with E-state index < -0.39 is 34.3 Å². The Balaban J connectivity index is 0.000000426. The average molecular weight is 578 g/mol. The van der Waals surface area contributed by atoms with Crippen molar-refractivity contribution in [3.05, 3.63) is 36.4 Å². The lowest BCUT2D eigenvalue weighted by Gasteiger charge is -2.25. The summed E-state index contributed by atoms with van der Waals surface area (Å²) in [5, 5.41) is 14.3. The maximum Gasteiger partial charge on any atom is 0.490 e. The molecule has 0 atom stereocenters. The number of nitrogens with zero attached hydrogens (tertiary/aromatic N) is 5. The van der Waals surface area contributed by atoms with E-state index in [9.17, 15) is 34.8 Å². The molecule has 11 nitrogen and oxygen atoms in total. The maximum atomic E-state index is 12.9. The minimum Gasteiger partial charge on any atom is -0.475 e. The van der Waals surface area contributed by atoms with Crippen molar-refractivity contribution in [2.24, 2.45) is 13.0 Å². The minimum absolute atomic E-state index is 0.0905. The SMILES string of the molecule is CC(C)CN1CCN(S(=O)(=O)c2cn(C)cn2)Cc2cccnc21.O=C(O)C(F)(F)F.O=C(O)C(F)(F)F. The van der Waals surface area contributed by atoms with Crippen LogP contribution in [-0.4, -0.2) is 81.4 Å². The molecule has 1 aliphatic rings. The Bertz CT molecular complexity index is 1180. The van der Waals surface area contributed by atoms with Gasteiger partial charge in [0, 0.05) is 51.2 Å². The van der Waals surface area contributed by atoms with Crippen LogP contribution in [0.4, 0.5) is 32.2 Å². The Morgan fingerprint density at radius 1 is 1.03 bits per heavy atom. The summed E-state index contributed by atoms with van der Waals surface area (Å²) in [5.74, 6) is -4.16. The second kappa shape index (κ2) is 12.9. The number of pyridine rings is 1. The van der Waals surface area contributed by atoms with E-state index in [2.05, 4.69) is 28.7 Å². The zero-order valence-electron chi connectivity index (χ0n) is 20.2. The number of fused-ring (bicyclic) bond motifs is 1. The van der Waals surface area contributed by atoms with Crippen molar-refractivity contribution in [3.63, 3.8) is 0 Å². The molecule has 0 saturated heterocycles. The predicted octanol–water partition coefficient (Wildman–Crippen LogP) is 2.75. The molecule has 1 aliphatic heterocycles. The van der Waals surface area contributed by atoms with Crippen LogP contribution in [0, 0.1) is 5.92 Å². The number of aryl methyl sites for hydroxylation is 1. The van der Waals surface area contributed by atoms with Crippen LogP contribution in [0.15, 0.2) is 35.9 Å². The largest absolute Gasteiger partial charge is 0.490 e. The first-order valence-corrected chi connectivity index (χ1v) is 12.0. The lowest BCUT2D eigenvalue weighted by Crippen LogP contribution is -2.36. The molecule has 0 aliphatic carbocycles. The number of hydrogen-bond donors (Lipinski definition) is 2. The Labute approximate surface area is 213 Å². The summed E-state index contributed by atoms with van der Waals surface area (Å²) in [5.41, 5.74) is 0.926. The number of rotatable bonds is 4. The van der Waals surface area contributed by atoms with Crippen molar-refractivity contribution in [2.75, 3.05) is 24.5 Å². The van der Waals surface area contributed by atoms with E-state index in [4.69, 9.17) is 19.8 Å². The third kappa shape index (κ3) is 9.81. The maximum absolute atomic E-state index is 12.9. The predicted molar refractivity (Wildman–Crippen MR) is 119 cm³/mol. The van der Waals surface area contributed by atoms with Gasteiger partial charge in [0.15, 0.2) is 5.03 Å². The topological polar surface area (TPSA) is 146 Å². The molecule has 0 spiro atoms. The van der Waals surface area contributed by atoms with Crippen molar-refractivity contribution in [1.29, 1.82) is 0 Å². The van der Waals surface area contributed by atoms with Gasteiger partial charge in [-0.3, -0.25) is 0 Å². The Kier molecular flexibility index (Phi) is 11.1. The molecule has 0 fully saturated rings. The van der Waals surface area contributed by atoms with E-state index >= 15 is 0 Å². The summed E-state index contributed by atoms with van der Waals surface area (Å²) in [6, 6.07) is 3.80. The lowest BCUT2D eigenvalue weighted by atomic mass is 10.2. The molecule has 18 heteroatoms. The second-order valence-electron chi connectivity index (χ2n) is 8.15. The number of sulfonamides is 1. The summed E-state index contributed by atoms with van der Waals surface area (Å²) in [6.07, 6.45) is -5.36. The Morgan fingerprint density at radius 2 is 1.55 bits per heavy atom. The Morgan fingerprint density at radius 3 is 1.97 bits per heavy atom. The molecule has 3 rings (SSSR count). The van der Waals surface area contributed by atoms with Gasteiger partial charge in [-0.25, -0.2) is 28.0 Å². The molecule has 2 aromatic heterocycles. The van der Waals surface area contributed by atoms with Crippen LogP contribution < -0.4 is 4.90 Å². The number of aliphatic carboxylic acids is 2. The van der Waals surface area contributed by atoms with Gasteiger partial charge < -0.3 is 19.7 Å².